The van der Waals surface area contributed by atoms with Gasteiger partial charge in [-0.25, -0.2) is 4.79 Å². The van der Waals surface area contributed by atoms with Crippen molar-refractivity contribution in [3.63, 3.8) is 0 Å². The molecule has 190 valence electrons. The van der Waals surface area contributed by atoms with E-state index in [0.717, 1.165) is 48.3 Å². The Labute approximate surface area is 219 Å². The number of aryl methyl sites for hydroxylation is 1. The number of hydrogen-bond donors (Lipinski definition) is 2. The molecule has 0 aliphatic carbocycles. The standard InChI is InChI=1S/C32H34N2O3/c1-4-5-9-22(2)23(3)33-31(35)27-17-18-30-26(20-27)11-8-19-34(30)21-28-10-6-7-12-29(28)24-13-15-25(16-14-24)32(36)37/h4-7,9-10,12-18,20,23H,8,11,19,21H2,1-3H3,(H,33,35)(H,36,37)/b5-4-,22-9+/t23-/m0/s1. The minimum Gasteiger partial charge on any atom is -0.478 e. The fourth-order valence-electron chi connectivity index (χ4n) is 4.70. The molecular weight excluding hydrogens is 460 g/mol. The molecule has 0 bridgehead atoms. The van der Waals surface area contributed by atoms with Gasteiger partial charge in [0.1, 0.15) is 0 Å². The highest BCUT2D eigenvalue weighted by molar-refractivity contribution is 5.95. The zero-order valence-corrected chi connectivity index (χ0v) is 21.7. The number of allylic oxidation sites excluding steroid dienone is 3. The number of fused-ring (bicyclic) bond motifs is 1. The molecule has 1 heterocycles. The van der Waals surface area contributed by atoms with E-state index in [1.165, 1.54) is 11.1 Å². The molecule has 1 atom stereocenters. The van der Waals surface area contributed by atoms with Crippen LogP contribution in [0.15, 0.2) is 90.5 Å². The SMILES string of the molecule is C/C=C\C=C(/C)[C@H](C)NC(=O)c1ccc2c(c1)CCCN2Cc1ccccc1-c1ccc(C(=O)O)cc1. The van der Waals surface area contributed by atoms with Crippen molar-refractivity contribution < 1.29 is 14.7 Å². The van der Waals surface area contributed by atoms with E-state index in [1.54, 1.807) is 12.1 Å². The van der Waals surface area contributed by atoms with Crippen LogP contribution in [0.3, 0.4) is 0 Å². The number of nitrogens with zero attached hydrogens (tertiary/aromatic N) is 1. The summed E-state index contributed by atoms with van der Waals surface area (Å²) < 4.78 is 0. The maximum atomic E-state index is 13.0. The molecule has 4 rings (SSSR count). The Bertz CT molecular complexity index is 1340. The topological polar surface area (TPSA) is 69.6 Å². The van der Waals surface area contributed by atoms with Gasteiger partial charge in [0.2, 0.25) is 0 Å². The maximum Gasteiger partial charge on any atom is 0.335 e. The first-order valence-corrected chi connectivity index (χ1v) is 12.8. The number of anilines is 1. The lowest BCUT2D eigenvalue weighted by atomic mass is 9.95. The second-order valence-electron chi connectivity index (χ2n) is 9.54. The molecule has 0 spiro atoms. The fourth-order valence-corrected chi connectivity index (χ4v) is 4.70. The zero-order chi connectivity index (χ0) is 26.4. The van der Waals surface area contributed by atoms with Gasteiger partial charge in [0.15, 0.2) is 0 Å². The van der Waals surface area contributed by atoms with E-state index in [9.17, 15) is 14.7 Å². The van der Waals surface area contributed by atoms with E-state index >= 15 is 0 Å². The number of amides is 1. The highest BCUT2D eigenvalue weighted by Gasteiger charge is 2.21. The molecular formula is C32H34N2O3. The summed E-state index contributed by atoms with van der Waals surface area (Å²) in [5.74, 6) is -0.983. The van der Waals surface area contributed by atoms with Crippen LogP contribution in [-0.4, -0.2) is 29.6 Å². The lowest BCUT2D eigenvalue weighted by Gasteiger charge is -2.32. The summed E-state index contributed by atoms with van der Waals surface area (Å²) >= 11 is 0. The number of carboxylic acids is 1. The van der Waals surface area contributed by atoms with Crippen LogP contribution in [0.1, 0.15) is 59.0 Å². The number of aromatic carboxylic acids is 1. The molecule has 5 heteroatoms. The second kappa shape index (κ2) is 11.7. The van der Waals surface area contributed by atoms with Gasteiger partial charge in [0.25, 0.3) is 5.91 Å². The van der Waals surface area contributed by atoms with Crippen LogP contribution < -0.4 is 10.2 Å². The highest BCUT2D eigenvalue weighted by atomic mass is 16.4. The summed E-state index contributed by atoms with van der Waals surface area (Å²) in [6.45, 7) is 7.67. The Balaban J connectivity index is 1.53. The van der Waals surface area contributed by atoms with Crippen molar-refractivity contribution in [2.45, 2.75) is 46.2 Å². The molecule has 3 aromatic carbocycles. The minimum absolute atomic E-state index is 0.0442. The molecule has 2 N–H and O–H groups in total. The molecule has 0 aromatic heterocycles. The first kappa shape index (κ1) is 26.0. The van der Waals surface area contributed by atoms with Crippen molar-refractivity contribution in [1.29, 1.82) is 0 Å². The number of hydrogen-bond acceptors (Lipinski definition) is 3. The van der Waals surface area contributed by atoms with Gasteiger partial charge in [0.05, 0.1) is 5.56 Å². The lowest BCUT2D eigenvalue weighted by molar-refractivity contribution is 0.0696. The molecule has 0 radical (unpaired) electrons. The van der Waals surface area contributed by atoms with E-state index in [0.29, 0.717) is 5.56 Å². The van der Waals surface area contributed by atoms with Gasteiger partial charge >= 0.3 is 5.97 Å². The first-order chi connectivity index (χ1) is 17.9. The average molecular weight is 495 g/mol. The van der Waals surface area contributed by atoms with Gasteiger partial charge in [-0.2, -0.15) is 0 Å². The Morgan fingerprint density at radius 1 is 1.05 bits per heavy atom. The molecule has 0 fully saturated rings. The molecule has 5 nitrogen and oxygen atoms in total. The molecule has 37 heavy (non-hydrogen) atoms. The van der Waals surface area contributed by atoms with Crippen LogP contribution in [0, 0.1) is 0 Å². The summed E-state index contributed by atoms with van der Waals surface area (Å²) in [6.07, 6.45) is 7.94. The lowest BCUT2D eigenvalue weighted by Crippen LogP contribution is -2.34. The third-order valence-corrected chi connectivity index (χ3v) is 6.96. The monoisotopic (exact) mass is 494 g/mol. The Morgan fingerprint density at radius 3 is 2.51 bits per heavy atom. The summed E-state index contributed by atoms with van der Waals surface area (Å²) in [7, 11) is 0. The number of nitrogens with one attached hydrogen (secondary N) is 1. The van der Waals surface area contributed by atoms with Crippen molar-refractivity contribution >= 4 is 17.6 Å². The van der Waals surface area contributed by atoms with Gasteiger partial charge in [0, 0.05) is 30.4 Å². The van der Waals surface area contributed by atoms with Crippen LogP contribution in [0.4, 0.5) is 5.69 Å². The molecule has 0 saturated carbocycles. The quantitative estimate of drug-likeness (QED) is 0.344. The Kier molecular flexibility index (Phi) is 8.24. The molecule has 0 unspecified atom stereocenters. The number of benzene rings is 3. The van der Waals surface area contributed by atoms with Crippen LogP contribution in [0.5, 0.6) is 0 Å². The van der Waals surface area contributed by atoms with Gasteiger partial charge in [-0.05, 0) is 86.2 Å². The number of rotatable bonds is 8. The van der Waals surface area contributed by atoms with Crippen molar-refractivity contribution in [1.82, 2.24) is 5.32 Å². The van der Waals surface area contributed by atoms with Crippen molar-refractivity contribution in [2.75, 3.05) is 11.4 Å². The van der Waals surface area contributed by atoms with E-state index in [1.807, 2.05) is 75.4 Å². The van der Waals surface area contributed by atoms with Crippen molar-refractivity contribution in [3.8, 4) is 11.1 Å². The van der Waals surface area contributed by atoms with Crippen LogP contribution in [-0.2, 0) is 13.0 Å². The van der Waals surface area contributed by atoms with Crippen LogP contribution in [0.2, 0.25) is 0 Å². The fraction of sp³-hybridized carbons (Fsp3) is 0.250. The van der Waals surface area contributed by atoms with E-state index in [-0.39, 0.29) is 17.5 Å². The summed E-state index contributed by atoms with van der Waals surface area (Å²) in [5, 5.41) is 12.3. The summed E-state index contributed by atoms with van der Waals surface area (Å²) in [6, 6.07) is 21.3. The normalized spacial score (nSPS) is 14.4. The minimum atomic E-state index is -0.924. The predicted octanol–water partition coefficient (Wildman–Crippen LogP) is 6.65. The van der Waals surface area contributed by atoms with Crippen molar-refractivity contribution in [3.05, 3.63) is 113 Å². The third-order valence-electron chi connectivity index (χ3n) is 6.96. The molecule has 1 amide bonds. The smallest absolute Gasteiger partial charge is 0.335 e. The Hall–Kier alpha value is -4.12. The largest absolute Gasteiger partial charge is 0.478 e. The van der Waals surface area contributed by atoms with Crippen LogP contribution >= 0.6 is 0 Å². The highest BCUT2D eigenvalue weighted by Crippen LogP contribution is 2.32. The molecule has 1 aliphatic heterocycles. The van der Waals surface area contributed by atoms with E-state index in [2.05, 4.69) is 28.4 Å². The molecule has 1 aliphatic rings. The number of carboxylic acid groups (broad SMARTS) is 1. The Morgan fingerprint density at radius 2 is 1.78 bits per heavy atom. The van der Waals surface area contributed by atoms with Gasteiger partial charge in [-0.3, -0.25) is 4.79 Å². The first-order valence-electron chi connectivity index (χ1n) is 12.8. The van der Waals surface area contributed by atoms with Gasteiger partial charge < -0.3 is 15.3 Å². The number of carbonyl (C=O) groups is 2. The van der Waals surface area contributed by atoms with Gasteiger partial charge in [-0.1, -0.05) is 60.2 Å². The zero-order valence-electron chi connectivity index (χ0n) is 21.7. The summed E-state index contributed by atoms with van der Waals surface area (Å²) in [4.78, 5) is 26.6. The molecule has 3 aromatic rings. The molecule has 0 saturated heterocycles. The van der Waals surface area contributed by atoms with E-state index in [4.69, 9.17) is 0 Å². The number of carbonyl (C=O) groups excluding carboxylic acids is 1. The third kappa shape index (κ3) is 6.18. The van der Waals surface area contributed by atoms with Crippen molar-refractivity contribution in [2.24, 2.45) is 0 Å². The summed E-state index contributed by atoms with van der Waals surface area (Å²) in [5.41, 5.74) is 7.70. The van der Waals surface area contributed by atoms with Crippen LogP contribution in [0.25, 0.3) is 11.1 Å². The maximum absolute atomic E-state index is 13.0. The van der Waals surface area contributed by atoms with Gasteiger partial charge in [-0.15, -0.1) is 0 Å². The van der Waals surface area contributed by atoms with E-state index < -0.39 is 5.97 Å². The average Bonchev–Trinajstić information content (AvgIpc) is 2.91. The second-order valence-corrected chi connectivity index (χ2v) is 9.54. The predicted molar refractivity (Wildman–Crippen MR) is 150 cm³/mol.